The number of nitrogens with one attached hydrogen (secondary N) is 2. The molecule has 0 saturated heterocycles. The minimum Gasteiger partial charge on any atom is -0.494 e. The van der Waals surface area contributed by atoms with E-state index in [-0.39, 0.29) is 0 Å². The molecule has 1 atom stereocenters. The molecule has 7 heteroatoms. The number of pyridine rings is 1. The number of benzene rings is 3. The lowest BCUT2D eigenvalue weighted by Crippen LogP contribution is -2.27. The molecular formula is C26H27N3O4. The van der Waals surface area contributed by atoms with Crippen molar-refractivity contribution in [2.75, 3.05) is 17.7 Å². The van der Waals surface area contributed by atoms with Gasteiger partial charge in [-0.15, -0.1) is 0 Å². The number of carbonyl (C=O) groups excluding carboxylic acids is 1. The van der Waals surface area contributed by atoms with Crippen molar-refractivity contribution in [2.24, 2.45) is 0 Å². The van der Waals surface area contributed by atoms with E-state index >= 15 is 0 Å². The molecule has 1 unspecified atom stereocenters. The number of aliphatic hydroxyl groups excluding tert-OH is 1. The van der Waals surface area contributed by atoms with Gasteiger partial charge in [0, 0.05) is 22.0 Å². The number of rotatable bonds is 5. The second kappa shape index (κ2) is 8.96. The van der Waals surface area contributed by atoms with Crippen molar-refractivity contribution in [1.82, 2.24) is 4.98 Å². The number of ether oxygens (including phenoxy) is 2. The first kappa shape index (κ1) is 22.4. The Morgan fingerprint density at radius 3 is 2.48 bits per heavy atom. The second-order valence-electron chi connectivity index (χ2n) is 8.66. The molecular weight excluding hydrogens is 418 g/mol. The number of fused-ring (bicyclic) bond motifs is 2. The van der Waals surface area contributed by atoms with E-state index < -0.39 is 17.9 Å². The largest absolute Gasteiger partial charge is 0.494 e. The molecule has 0 bridgehead atoms. The Morgan fingerprint density at radius 1 is 1.00 bits per heavy atom. The third-order valence-electron chi connectivity index (χ3n) is 5.02. The van der Waals surface area contributed by atoms with Crippen LogP contribution < -0.4 is 15.4 Å². The van der Waals surface area contributed by atoms with E-state index in [0.29, 0.717) is 22.5 Å². The van der Waals surface area contributed by atoms with Crippen molar-refractivity contribution < 1.29 is 19.4 Å². The standard InChI is InChI=1S/C26H27N3O4/c1-26(2,3)33-25(31)27-17-10-7-9-16(15-17)24(30)29-22-18-11-5-6-13-20(18)28-23-19(22)12-8-14-21(23)32-4/h5-15,24,30H,1-4H3,(H,27,31)(H,28,29). The van der Waals surface area contributed by atoms with Gasteiger partial charge in [-0.2, -0.15) is 0 Å². The van der Waals surface area contributed by atoms with E-state index in [1.165, 1.54) is 0 Å². The lowest BCUT2D eigenvalue weighted by Gasteiger charge is -2.21. The number of hydrogen-bond acceptors (Lipinski definition) is 6. The maximum Gasteiger partial charge on any atom is 0.412 e. The Morgan fingerprint density at radius 2 is 1.73 bits per heavy atom. The summed E-state index contributed by atoms with van der Waals surface area (Å²) in [6.07, 6.45) is -1.59. The Bertz CT molecular complexity index is 1310. The quantitative estimate of drug-likeness (QED) is 0.264. The van der Waals surface area contributed by atoms with Crippen LogP contribution in [0.5, 0.6) is 5.75 Å². The van der Waals surface area contributed by atoms with Gasteiger partial charge in [-0.05, 0) is 45.0 Å². The van der Waals surface area contributed by atoms with Crippen LogP contribution in [0.4, 0.5) is 16.2 Å². The minimum absolute atomic E-state index is 0.522. The first-order chi connectivity index (χ1) is 15.7. The van der Waals surface area contributed by atoms with Crippen LogP contribution in [-0.2, 0) is 4.74 Å². The summed E-state index contributed by atoms with van der Waals surface area (Å²) >= 11 is 0. The highest BCUT2D eigenvalue weighted by Crippen LogP contribution is 2.36. The summed E-state index contributed by atoms with van der Waals surface area (Å²) in [6, 6.07) is 20.4. The Balaban J connectivity index is 1.68. The van der Waals surface area contributed by atoms with Gasteiger partial charge in [0.05, 0.1) is 18.3 Å². The average molecular weight is 446 g/mol. The number of anilines is 2. The van der Waals surface area contributed by atoms with Crippen LogP contribution in [-0.4, -0.2) is 28.9 Å². The van der Waals surface area contributed by atoms with Gasteiger partial charge >= 0.3 is 6.09 Å². The molecule has 1 aromatic heterocycles. The summed E-state index contributed by atoms with van der Waals surface area (Å²) in [5, 5.41) is 18.7. The summed E-state index contributed by atoms with van der Waals surface area (Å²) in [5.74, 6) is 0.652. The van der Waals surface area contributed by atoms with Crippen molar-refractivity contribution in [3.8, 4) is 5.75 Å². The normalized spacial score (nSPS) is 12.4. The molecule has 0 aliphatic heterocycles. The van der Waals surface area contributed by atoms with E-state index in [9.17, 15) is 9.90 Å². The number of methoxy groups -OCH3 is 1. The minimum atomic E-state index is -1.04. The Labute approximate surface area is 192 Å². The molecule has 3 N–H and O–H groups in total. The van der Waals surface area contributed by atoms with Crippen molar-refractivity contribution >= 4 is 39.3 Å². The number of nitrogens with zero attached hydrogens (tertiary/aromatic N) is 1. The van der Waals surface area contributed by atoms with Crippen molar-refractivity contribution in [2.45, 2.75) is 32.6 Å². The summed E-state index contributed by atoms with van der Waals surface area (Å²) in [4.78, 5) is 16.9. The molecule has 170 valence electrons. The van der Waals surface area contributed by atoms with Crippen molar-refractivity contribution in [3.63, 3.8) is 0 Å². The molecule has 33 heavy (non-hydrogen) atoms. The molecule has 7 nitrogen and oxygen atoms in total. The highest BCUT2D eigenvalue weighted by atomic mass is 16.6. The van der Waals surface area contributed by atoms with Crippen LogP contribution >= 0.6 is 0 Å². The summed E-state index contributed by atoms with van der Waals surface area (Å²) in [6.45, 7) is 5.40. The molecule has 0 aliphatic rings. The summed E-state index contributed by atoms with van der Waals surface area (Å²) < 4.78 is 10.8. The molecule has 0 fully saturated rings. The zero-order valence-electron chi connectivity index (χ0n) is 19.0. The van der Waals surface area contributed by atoms with Crippen LogP contribution in [0.15, 0.2) is 66.7 Å². The molecule has 0 spiro atoms. The predicted octanol–water partition coefficient (Wildman–Crippen LogP) is 5.85. The zero-order valence-corrected chi connectivity index (χ0v) is 19.0. The predicted molar refractivity (Wildman–Crippen MR) is 131 cm³/mol. The maximum atomic E-state index is 12.1. The van der Waals surface area contributed by atoms with Crippen molar-refractivity contribution in [3.05, 3.63) is 72.3 Å². The number of aromatic nitrogens is 1. The summed E-state index contributed by atoms with van der Waals surface area (Å²) in [5.41, 5.74) is 2.73. The van der Waals surface area contributed by atoms with Crippen LogP contribution in [0.25, 0.3) is 21.8 Å². The lowest BCUT2D eigenvalue weighted by atomic mass is 10.1. The van der Waals surface area contributed by atoms with Crippen LogP contribution in [0.2, 0.25) is 0 Å². The molecule has 1 amide bonds. The monoisotopic (exact) mass is 445 g/mol. The van der Waals surface area contributed by atoms with E-state index in [0.717, 1.165) is 22.0 Å². The van der Waals surface area contributed by atoms with Crippen molar-refractivity contribution in [1.29, 1.82) is 0 Å². The maximum absolute atomic E-state index is 12.1. The first-order valence-electron chi connectivity index (χ1n) is 10.7. The second-order valence-corrected chi connectivity index (χ2v) is 8.66. The third-order valence-corrected chi connectivity index (χ3v) is 5.02. The van der Waals surface area contributed by atoms with Gasteiger partial charge in [0.25, 0.3) is 0 Å². The molecule has 1 heterocycles. The molecule has 4 aromatic rings. The van der Waals surface area contributed by atoms with E-state index in [4.69, 9.17) is 14.5 Å². The van der Waals surface area contributed by atoms with Crippen LogP contribution in [0.3, 0.4) is 0 Å². The average Bonchev–Trinajstić information content (AvgIpc) is 2.77. The van der Waals surface area contributed by atoms with Crippen LogP contribution in [0, 0.1) is 0 Å². The number of carbonyl (C=O) groups is 1. The highest BCUT2D eigenvalue weighted by Gasteiger charge is 2.18. The van der Waals surface area contributed by atoms with Gasteiger partial charge in [-0.3, -0.25) is 5.32 Å². The first-order valence-corrected chi connectivity index (χ1v) is 10.7. The fourth-order valence-electron chi connectivity index (χ4n) is 3.64. The van der Waals surface area contributed by atoms with Gasteiger partial charge in [-0.25, -0.2) is 9.78 Å². The number of amides is 1. The SMILES string of the molecule is COc1cccc2c(NC(O)c3cccc(NC(=O)OC(C)(C)C)c3)c3ccccc3nc12. The fraction of sp³-hybridized carbons (Fsp3) is 0.231. The van der Waals surface area contributed by atoms with Gasteiger partial charge in [0.1, 0.15) is 16.9 Å². The van der Waals surface area contributed by atoms with Gasteiger partial charge in [-0.1, -0.05) is 42.5 Å². The molecule has 4 rings (SSSR count). The topological polar surface area (TPSA) is 92.7 Å². The molecule has 0 aliphatic carbocycles. The van der Waals surface area contributed by atoms with Gasteiger partial charge in [0.2, 0.25) is 0 Å². The smallest absolute Gasteiger partial charge is 0.412 e. The number of aliphatic hydroxyl groups is 1. The number of para-hydroxylation sites is 2. The van der Waals surface area contributed by atoms with Gasteiger partial charge < -0.3 is 19.9 Å². The third kappa shape index (κ3) is 4.99. The summed E-state index contributed by atoms with van der Waals surface area (Å²) in [7, 11) is 1.61. The lowest BCUT2D eigenvalue weighted by molar-refractivity contribution is 0.0636. The molecule has 0 radical (unpaired) electrons. The molecule has 3 aromatic carbocycles. The Kier molecular flexibility index (Phi) is 6.07. The Hall–Kier alpha value is -3.84. The number of hydrogen-bond donors (Lipinski definition) is 3. The van der Waals surface area contributed by atoms with E-state index in [1.807, 2.05) is 42.5 Å². The highest BCUT2D eigenvalue weighted by molar-refractivity contribution is 6.09. The molecule has 0 saturated carbocycles. The van der Waals surface area contributed by atoms with Gasteiger partial charge in [0.15, 0.2) is 6.23 Å². The zero-order chi connectivity index (χ0) is 23.6. The van der Waals surface area contributed by atoms with E-state index in [2.05, 4.69) is 10.6 Å². The fourth-order valence-corrected chi connectivity index (χ4v) is 3.64. The van der Waals surface area contributed by atoms with Crippen LogP contribution in [0.1, 0.15) is 32.6 Å². The van der Waals surface area contributed by atoms with E-state index in [1.54, 1.807) is 52.1 Å².